The lowest BCUT2D eigenvalue weighted by Crippen LogP contribution is -2.02. The van der Waals surface area contributed by atoms with Crippen LogP contribution >= 0.6 is 34.0 Å². The van der Waals surface area contributed by atoms with Gasteiger partial charge in [0.25, 0.3) is 0 Å². The van der Waals surface area contributed by atoms with Gasteiger partial charge in [-0.3, -0.25) is 0 Å². The summed E-state index contributed by atoms with van der Waals surface area (Å²) in [5, 5.41) is 21.4. The molecule has 0 aliphatic carbocycles. The number of furan rings is 5. The van der Waals surface area contributed by atoms with Crippen molar-refractivity contribution >= 4 is 162 Å². The molecule has 26 nitrogen and oxygen atoms in total. The van der Waals surface area contributed by atoms with Gasteiger partial charge in [-0.1, -0.05) is 91.7 Å². The lowest BCUT2D eigenvalue weighted by atomic mass is 10.1. The summed E-state index contributed by atoms with van der Waals surface area (Å²) >= 11 is 5.12. The summed E-state index contributed by atoms with van der Waals surface area (Å²) in [5.74, 6) is 3.80. The van der Waals surface area contributed by atoms with Gasteiger partial charge < -0.3 is 52.5 Å². The number of sulfone groups is 5. The molecule has 20 aromatic rings. The molecule has 0 saturated carbocycles. The Kier molecular flexibility index (Phi) is 32.8. The molecular formula is C100H101N11O15S8. The number of rotatable bonds is 24. The minimum atomic E-state index is -3.22. The highest BCUT2D eigenvalue weighted by molar-refractivity contribution is 7.91. The minimum Gasteiger partial charge on any atom is -0.472 e. The Bertz CT molecular complexity index is 7130. The van der Waals surface area contributed by atoms with Crippen LogP contribution in [0.25, 0.3) is 100 Å². The Hall–Kier alpha value is -13.8. The van der Waals surface area contributed by atoms with Crippen molar-refractivity contribution in [2.24, 2.45) is 0 Å². The fourth-order valence-corrected chi connectivity index (χ4v) is 18.8. The quantitative estimate of drug-likeness (QED) is 0.0436. The molecule has 0 aliphatic rings. The van der Waals surface area contributed by atoms with Gasteiger partial charge in [-0.2, -0.15) is 0 Å². The third kappa shape index (κ3) is 24.9. The monoisotopic (exact) mass is 1950 g/mol. The number of nitrogens with one attached hydrogen (secondary N) is 4. The number of fused-ring (bicyclic) bond motifs is 5. The molecule has 15 heterocycles. The van der Waals surface area contributed by atoms with E-state index in [1.807, 2.05) is 136 Å². The van der Waals surface area contributed by atoms with E-state index in [9.17, 15) is 42.1 Å². The van der Waals surface area contributed by atoms with Crippen LogP contribution in [0.5, 0.6) is 0 Å². The molecule has 5 aromatic carbocycles. The van der Waals surface area contributed by atoms with Crippen molar-refractivity contribution in [2.75, 3.05) is 52.5 Å². The van der Waals surface area contributed by atoms with Crippen molar-refractivity contribution < 1.29 is 64.2 Å². The molecule has 15 aromatic heterocycles. The zero-order valence-electron chi connectivity index (χ0n) is 69.6. The van der Waals surface area contributed by atoms with Gasteiger partial charge in [0.2, 0.25) is 0 Å². The number of hydrogen-bond acceptors (Lipinski definition) is 27. The summed E-state index contributed by atoms with van der Waals surface area (Å²) in [5.41, 5.74) is 14.7. The first-order chi connectivity index (χ1) is 62.0. The number of pyridine rings is 5. The Balaban J connectivity index is 0.000000160. The van der Waals surface area contributed by atoms with Crippen molar-refractivity contribution in [1.82, 2.24) is 34.1 Å². The fourth-order valence-electron chi connectivity index (χ4n) is 13.6. The van der Waals surface area contributed by atoms with Crippen LogP contribution in [0, 0.1) is 0 Å². The summed E-state index contributed by atoms with van der Waals surface area (Å²) in [7, 11) is -16.1. The molecule has 0 aliphatic heterocycles. The van der Waals surface area contributed by atoms with E-state index in [2.05, 4.69) is 77.3 Å². The average Bonchev–Trinajstić information content (AvgIpc) is 1.66. The highest BCUT2D eigenvalue weighted by Crippen LogP contribution is 2.36. The van der Waals surface area contributed by atoms with Crippen molar-refractivity contribution in [3.05, 3.63) is 346 Å². The Morgan fingerprint density at radius 3 is 1.02 bits per heavy atom. The van der Waals surface area contributed by atoms with Crippen LogP contribution in [-0.4, -0.2) is 107 Å². The lowest BCUT2D eigenvalue weighted by molar-refractivity contribution is 0.518. The molecule has 134 heavy (non-hydrogen) atoms. The molecule has 0 unspecified atom stereocenters. The number of nitrogens with zero attached hydrogens (tertiary/aromatic N) is 7. The smallest absolute Gasteiger partial charge is 0.175 e. The zero-order valence-corrected chi connectivity index (χ0v) is 76.1. The molecule has 694 valence electrons. The van der Waals surface area contributed by atoms with Gasteiger partial charge in [-0.15, -0.1) is 34.0 Å². The van der Waals surface area contributed by atoms with Crippen LogP contribution in [0.3, 0.4) is 0 Å². The molecular weight excluding hydrogens is 1850 g/mol. The molecule has 0 fully saturated rings. The molecule has 0 spiro atoms. The number of benzene rings is 5. The Morgan fingerprint density at radius 1 is 0.313 bits per heavy atom. The third-order valence-electron chi connectivity index (χ3n) is 20.3. The molecule has 0 bridgehead atoms. The van der Waals surface area contributed by atoms with E-state index in [0.29, 0.717) is 73.7 Å². The Labute approximate surface area is 791 Å². The van der Waals surface area contributed by atoms with E-state index in [-0.39, 0.29) is 46.9 Å². The van der Waals surface area contributed by atoms with Crippen LogP contribution in [-0.2, 0) is 81.8 Å². The number of aromatic nitrogens is 7. The van der Waals surface area contributed by atoms with Crippen molar-refractivity contribution in [3.8, 4) is 44.8 Å². The lowest BCUT2D eigenvalue weighted by Gasteiger charge is -2.08. The van der Waals surface area contributed by atoms with E-state index in [1.54, 1.807) is 181 Å². The van der Waals surface area contributed by atoms with Crippen LogP contribution in [0.4, 0.5) is 23.3 Å². The second kappa shape index (κ2) is 43.7. The number of anilines is 4. The third-order valence-corrected chi connectivity index (χ3v) is 28.6. The van der Waals surface area contributed by atoms with Gasteiger partial charge in [-0.05, 0) is 227 Å². The predicted octanol–water partition coefficient (Wildman–Crippen LogP) is 24.1. The normalized spacial score (nSPS) is 11.3. The van der Waals surface area contributed by atoms with Gasteiger partial charge in [0.1, 0.15) is 75.7 Å². The van der Waals surface area contributed by atoms with Crippen LogP contribution < -0.4 is 21.3 Å². The first-order valence-corrected chi connectivity index (χ1v) is 51.8. The van der Waals surface area contributed by atoms with Crippen molar-refractivity contribution in [1.29, 1.82) is 0 Å². The molecule has 0 radical (unpaired) electrons. The summed E-state index contributed by atoms with van der Waals surface area (Å²) < 4.78 is 147. The van der Waals surface area contributed by atoms with Crippen LogP contribution in [0.2, 0.25) is 0 Å². The topological polar surface area (TPSA) is 359 Å². The van der Waals surface area contributed by atoms with Gasteiger partial charge in [0.15, 0.2) is 65.9 Å². The summed E-state index contributed by atoms with van der Waals surface area (Å²) in [4.78, 5) is 28.7. The average molecular weight is 1950 g/mol. The molecule has 0 atom stereocenters. The first kappa shape index (κ1) is 101. The van der Waals surface area contributed by atoms with Crippen molar-refractivity contribution in [3.63, 3.8) is 0 Å². The highest BCUT2D eigenvalue weighted by Gasteiger charge is 2.20. The molecule has 4 N–H and O–H groups in total. The predicted molar refractivity (Wildman–Crippen MR) is 542 cm³/mol. The zero-order chi connectivity index (χ0) is 90.0. The van der Waals surface area contributed by atoms with Crippen LogP contribution in [0.15, 0.2) is 361 Å². The largest absolute Gasteiger partial charge is 0.472 e. The summed E-state index contributed by atoms with van der Waals surface area (Å²) in [6.07, 6.45) is 20.6. The fraction of sp³-hybridized carbons (Fsp3) is 0.150. The second-order valence-corrected chi connectivity index (χ2v) is 42.9. The van der Waals surface area contributed by atoms with Gasteiger partial charge in [0, 0.05) is 121 Å². The highest BCUT2D eigenvalue weighted by atomic mass is 32.2. The van der Waals surface area contributed by atoms with Gasteiger partial charge in [0.05, 0.1) is 62.9 Å². The van der Waals surface area contributed by atoms with Crippen LogP contribution in [0.1, 0.15) is 68.8 Å². The summed E-state index contributed by atoms with van der Waals surface area (Å²) in [6, 6.07) is 75.1. The minimum absolute atomic E-state index is 0. The number of thiophene rings is 3. The Morgan fingerprint density at radius 2 is 0.664 bits per heavy atom. The molecule has 34 heteroatoms. The number of hydrogen-bond donors (Lipinski definition) is 4. The van der Waals surface area contributed by atoms with Gasteiger partial charge >= 0.3 is 0 Å². The maximum atomic E-state index is 11.6. The first-order valence-electron chi connectivity index (χ1n) is 39.7. The maximum absolute atomic E-state index is 11.6. The molecule has 20 rings (SSSR count). The standard InChI is InChI=1S/C19H17N3O2S2.2C19H16N2O4S.C19H16N2O3S2.C19H16N2O2S2.5CH4/c1-26(23,24)17-7-5-15(6-8-17)22-11-10-14-4-9-18(21-19(14)22)20-13-16-3-2-12-25-16;1-26(22,23)15-4-2-14(3-5-15)16-12-25-17-6-7-18(21-19(16)17)20-10-13-8-9-24-11-13;1-26(22,23)15-6-4-13(5-7-15)16-12-25-17-8-9-18(21-19(16)17)20-11-14-3-2-10-24-14;1-26(22,23)15-6-4-13(5-7-15)16-12-24-17-8-9-18(21-19(16)17)20-11-14-3-2-10-25-14;1-25(22,23)18-8-6-16(7-9-18)21-11-10-14-4-5-15(20-19(14)21)13-17-3-2-12-24-17;;;;;/h2-12H,13H2,1H3,(H,20,21);2-9,11-12H,10H2,1H3,(H,20,21);2*2-10,12H,11H2,1H3,(H,20,21);2-12H,13H2,1H3;5*1H4. The van der Waals surface area contributed by atoms with E-state index >= 15 is 0 Å². The van der Waals surface area contributed by atoms with E-state index in [0.717, 1.165) is 114 Å². The molecule has 0 saturated heterocycles. The van der Waals surface area contributed by atoms with E-state index < -0.39 is 49.2 Å². The van der Waals surface area contributed by atoms with E-state index in [1.165, 1.54) is 45.9 Å². The summed E-state index contributed by atoms with van der Waals surface area (Å²) in [6.45, 7) is 2.58. The second-order valence-electron chi connectivity index (χ2n) is 29.7. The van der Waals surface area contributed by atoms with E-state index in [4.69, 9.17) is 32.1 Å². The SMILES string of the molecule is C.C.C.C.C.CS(=O)(=O)c1ccc(-c2coc3ccc(NCc4ccco4)nc23)cc1.CS(=O)(=O)c1ccc(-c2coc3ccc(NCc4cccs4)nc23)cc1.CS(=O)(=O)c1ccc(-c2coc3ccc(NCc4ccoc4)nc23)cc1.CS(=O)(=O)c1ccc(-n2ccc3ccc(Cc4cccs4)nc32)cc1.CS(=O)(=O)c1ccc(-n2ccc3ccc(NCc4cccs4)nc32)cc1. The van der Waals surface area contributed by atoms with Gasteiger partial charge in [-0.25, -0.2) is 67.0 Å². The van der Waals surface area contributed by atoms with Crippen molar-refractivity contribution in [2.45, 2.75) is 94.2 Å². The molecule has 0 amide bonds. The maximum Gasteiger partial charge on any atom is 0.175 e.